The zero-order valence-electron chi connectivity index (χ0n) is 9.88. The number of aryl methyl sites for hydroxylation is 1. The Morgan fingerprint density at radius 2 is 2.13 bits per heavy atom. The van der Waals surface area contributed by atoms with Crippen LogP contribution in [0.4, 0.5) is 11.4 Å². The van der Waals surface area contributed by atoms with Gasteiger partial charge >= 0.3 is 0 Å². The molecular formula is C13H20N2. The second kappa shape index (κ2) is 4.13. The molecule has 0 aromatic heterocycles. The van der Waals surface area contributed by atoms with Crippen LogP contribution in [-0.2, 0) is 6.42 Å². The van der Waals surface area contributed by atoms with Gasteiger partial charge in [0.05, 0.1) is 0 Å². The smallest absolute Gasteiger partial charge is 0.0374 e. The Kier molecular flexibility index (Phi) is 2.85. The summed E-state index contributed by atoms with van der Waals surface area (Å²) < 4.78 is 0. The van der Waals surface area contributed by atoms with Crippen molar-refractivity contribution in [2.75, 3.05) is 23.8 Å². The van der Waals surface area contributed by atoms with Crippen LogP contribution < -0.4 is 10.2 Å². The first kappa shape index (κ1) is 10.3. The number of nitrogens with one attached hydrogen (secondary N) is 1. The van der Waals surface area contributed by atoms with Crippen molar-refractivity contribution in [2.24, 2.45) is 0 Å². The van der Waals surface area contributed by atoms with Gasteiger partial charge in [-0.25, -0.2) is 0 Å². The first-order valence-corrected chi connectivity index (χ1v) is 5.78. The van der Waals surface area contributed by atoms with E-state index in [-0.39, 0.29) is 0 Å². The van der Waals surface area contributed by atoms with Crippen LogP contribution in [0.1, 0.15) is 25.8 Å². The van der Waals surface area contributed by atoms with Gasteiger partial charge in [0.15, 0.2) is 0 Å². The third-order valence-corrected chi connectivity index (χ3v) is 3.21. The molecule has 0 atom stereocenters. The Labute approximate surface area is 92.3 Å². The SMILES string of the molecule is CC(C)N(C)c1ccc2c(c1)CCCN2. The van der Waals surface area contributed by atoms with Crippen molar-refractivity contribution in [1.29, 1.82) is 0 Å². The van der Waals surface area contributed by atoms with Crippen molar-refractivity contribution in [3.8, 4) is 0 Å². The van der Waals surface area contributed by atoms with Crippen molar-refractivity contribution in [3.63, 3.8) is 0 Å². The molecule has 0 radical (unpaired) electrons. The molecule has 1 N–H and O–H groups in total. The highest BCUT2D eigenvalue weighted by atomic mass is 15.1. The number of nitrogens with zero attached hydrogens (tertiary/aromatic N) is 1. The lowest BCUT2D eigenvalue weighted by atomic mass is 10.0. The van der Waals surface area contributed by atoms with Crippen LogP contribution >= 0.6 is 0 Å². The zero-order valence-corrected chi connectivity index (χ0v) is 9.88. The lowest BCUT2D eigenvalue weighted by Crippen LogP contribution is -2.26. The van der Waals surface area contributed by atoms with Crippen LogP contribution in [0.3, 0.4) is 0 Å². The summed E-state index contributed by atoms with van der Waals surface area (Å²) in [6.07, 6.45) is 2.46. The minimum Gasteiger partial charge on any atom is -0.385 e. The maximum Gasteiger partial charge on any atom is 0.0374 e. The van der Waals surface area contributed by atoms with Gasteiger partial charge in [0.25, 0.3) is 0 Å². The summed E-state index contributed by atoms with van der Waals surface area (Å²) in [4.78, 5) is 2.31. The van der Waals surface area contributed by atoms with Gasteiger partial charge < -0.3 is 10.2 Å². The largest absolute Gasteiger partial charge is 0.385 e. The predicted molar refractivity (Wildman–Crippen MR) is 66.8 cm³/mol. The molecule has 1 aromatic rings. The lowest BCUT2D eigenvalue weighted by molar-refractivity contribution is 0.752. The Hall–Kier alpha value is -1.18. The molecule has 2 nitrogen and oxygen atoms in total. The highest BCUT2D eigenvalue weighted by Gasteiger charge is 2.11. The van der Waals surface area contributed by atoms with E-state index in [1.807, 2.05) is 0 Å². The normalized spacial score (nSPS) is 14.7. The summed E-state index contributed by atoms with van der Waals surface area (Å²) in [5.41, 5.74) is 4.11. The first-order valence-electron chi connectivity index (χ1n) is 5.78. The van der Waals surface area contributed by atoms with Crippen LogP contribution in [0.5, 0.6) is 0 Å². The first-order chi connectivity index (χ1) is 7.18. The Balaban J connectivity index is 2.27. The van der Waals surface area contributed by atoms with E-state index >= 15 is 0 Å². The molecular weight excluding hydrogens is 184 g/mol. The molecule has 0 amide bonds. The molecule has 2 rings (SSSR count). The van der Waals surface area contributed by atoms with Gasteiger partial charge in [-0.1, -0.05) is 0 Å². The van der Waals surface area contributed by atoms with Gasteiger partial charge in [-0.05, 0) is 50.5 Å². The Morgan fingerprint density at radius 1 is 1.33 bits per heavy atom. The van der Waals surface area contributed by atoms with Crippen LogP contribution in [0, 0.1) is 0 Å². The second-order valence-corrected chi connectivity index (χ2v) is 4.58. The van der Waals surface area contributed by atoms with Crippen molar-refractivity contribution < 1.29 is 0 Å². The number of anilines is 2. The standard InChI is InChI=1S/C13H20N2/c1-10(2)15(3)12-6-7-13-11(9-12)5-4-8-14-13/h6-7,9-10,14H,4-5,8H2,1-3H3. The van der Waals surface area contributed by atoms with Crippen molar-refractivity contribution in [1.82, 2.24) is 0 Å². The number of fused-ring (bicyclic) bond motifs is 1. The number of hydrogen-bond acceptors (Lipinski definition) is 2. The molecule has 1 aromatic carbocycles. The zero-order chi connectivity index (χ0) is 10.8. The maximum atomic E-state index is 3.44. The summed E-state index contributed by atoms with van der Waals surface area (Å²) in [7, 11) is 2.16. The number of hydrogen-bond donors (Lipinski definition) is 1. The summed E-state index contributed by atoms with van der Waals surface area (Å²) >= 11 is 0. The van der Waals surface area contributed by atoms with E-state index in [4.69, 9.17) is 0 Å². The molecule has 2 heteroatoms. The van der Waals surface area contributed by atoms with Gasteiger partial charge in [-0.2, -0.15) is 0 Å². The summed E-state index contributed by atoms with van der Waals surface area (Å²) in [5.74, 6) is 0. The third-order valence-electron chi connectivity index (χ3n) is 3.21. The van der Waals surface area contributed by atoms with Gasteiger partial charge in [-0.15, -0.1) is 0 Å². The molecule has 15 heavy (non-hydrogen) atoms. The molecule has 1 heterocycles. The molecule has 0 aliphatic carbocycles. The molecule has 0 spiro atoms. The molecule has 1 aliphatic rings. The highest BCUT2D eigenvalue weighted by Crippen LogP contribution is 2.27. The molecule has 0 saturated heterocycles. The van der Waals surface area contributed by atoms with Crippen LogP contribution in [0.25, 0.3) is 0 Å². The fourth-order valence-electron chi connectivity index (χ4n) is 1.98. The monoisotopic (exact) mass is 204 g/mol. The van der Waals surface area contributed by atoms with Crippen LogP contribution in [0.15, 0.2) is 18.2 Å². The predicted octanol–water partition coefficient (Wildman–Crippen LogP) is 2.89. The van der Waals surface area contributed by atoms with E-state index in [0.717, 1.165) is 6.54 Å². The van der Waals surface area contributed by atoms with E-state index < -0.39 is 0 Å². The molecule has 0 saturated carbocycles. The fourth-order valence-corrected chi connectivity index (χ4v) is 1.98. The number of rotatable bonds is 2. The highest BCUT2D eigenvalue weighted by molar-refractivity contribution is 5.61. The topological polar surface area (TPSA) is 15.3 Å². The van der Waals surface area contributed by atoms with Crippen molar-refractivity contribution in [2.45, 2.75) is 32.7 Å². The third kappa shape index (κ3) is 2.09. The average molecular weight is 204 g/mol. The Morgan fingerprint density at radius 3 is 2.87 bits per heavy atom. The second-order valence-electron chi connectivity index (χ2n) is 4.58. The van der Waals surface area contributed by atoms with E-state index in [1.165, 1.54) is 29.8 Å². The summed E-state index contributed by atoms with van der Waals surface area (Å²) in [5, 5.41) is 3.44. The van der Waals surface area contributed by atoms with Gasteiger partial charge in [0.1, 0.15) is 0 Å². The van der Waals surface area contributed by atoms with E-state index in [1.54, 1.807) is 0 Å². The van der Waals surface area contributed by atoms with E-state index in [2.05, 4.69) is 49.3 Å². The summed E-state index contributed by atoms with van der Waals surface area (Å²) in [6.45, 7) is 5.56. The number of benzene rings is 1. The van der Waals surface area contributed by atoms with Crippen molar-refractivity contribution in [3.05, 3.63) is 23.8 Å². The molecule has 0 bridgehead atoms. The van der Waals surface area contributed by atoms with Crippen LogP contribution in [0.2, 0.25) is 0 Å². The molecule has 0 fully saturated rings. The molecule has 1 aliphatic heterocycles. The van der Waals surface area contributed by atoms with E-state index in [9.17, 15) is 0 Å². The lowest BCUT2D eigenvalue weighted by Gasteiger charge is -2.26. The quantitative estimate of drug-likeness (QED) is 0.797. The molecule has 0 unspecified atom stereocenters. The maximum absolute atomic E-state index is 3.44. The van der Waals surface area contributed by atoms with Gasteiger partial charge in [0.2, 0.25) is 0 Å². The minimum absolute atomic E-state index is 0.555. The average Bonchev–Trinajstić information content (AvgIpc) is 2.27. The fraction of sp³-hybridized carbons (Fsp3) is 0.538. The van der Waals surface area contributed by atoms with E-state index in [0.29, 0.717) is 6.04 Å². The van der Waals surface area contributed by atoms with Crippen molar-refractivity contribution >= 4 is 11.4 Å². The molecule has 82 valence electrons. The summed E-state index contributed by atoms with van der Waals surface area (Å²) in [6, 6.07) is 7.29. The Bertz CT molecular complexity index is 344. The van der Waals surface area contributed by atoms with Crippen LogP contribution in [-0.4, -0.2) is 19.6 Å². The van der Waals surface area contributed by atoms with Gasteiger partial charge in [-0.3, -0.25) is 0 Å². The van der Waals surface area contributed by atoms with Gasteiger partial charge in [0, 0.05) is 31.0 Å². The minimum atomic E-state index is 0.555.